The lowest BCUT2D eigenvalue weighted by molar-refractivity contribution is 1.18. The summed E-state index contributed by atoms with van der Waals surface area (Å²) in [6.45, 7) is 2.09. The summed E-state index contributed by atoms with van der Waals surface area (Å²) in [6, 6.07) is 16.2. The second-order valence-electron chi connectivity index (χ2n) is 4.76. The number of nitrogen functional groups attached to an aromatic ring is 1. The molecule has 0 aliphatic rings. The molecule has 0 saturated carbocycles. The highest BCUT2D eigenvalue weighted by Gasteiger charge is 2.14. The van der Waals surface area contributed by atoms with Crippen LogP contribution in [0.5, 0.6) is 0 Å². The molecule has 0 aliphatic heterocycles. The van der Waals surface area contributed by atoms with Crippen molar-refractivity contribution in [2.45, 2.75) is 6.92 Å². The third-order valence-corrected chi connectivity index (χ3v) is 3.49. The van der Waals surface area contributed by atoms with E-state index >= 15 is 0 Å². The number of hydrogen-bond donors (Lipinski definition) is 2. The van der Waals surface area contributed by atoms with Gasteiger partial charge in [0.05, 0.1) is 17.1 Å². The van der Waals surface area contributed by atoms with Gasteiger partial charge in [0, 0.05) is 23.6 Å². The maximum atomic E-state index is 6.07. The van der Waals surface area contributed by atoms with E-state index in [2.05, 4.69) is 35.0 Å². The SMILES string of the molecule is Cc1[nH]c2ccccc2c1N(C)c1ccccc1N. The number of aromatic nitrogens is 1. The molecule has 1 aromatic heterocycles. The van der Waals surface area contributed by atoms with Gasteiger partial charge in [-0.3, -0.25) is 0 Å². The van der Waals surface area contributed by atoms with Crippen LogP contribution in [0.2, 0.25) is 0 Å². The lowest BCUT2D eigenvalue weighted by atomic mass is 10.2. The molecule has 19 heavy (non-hydrogen) atoms. The minimum atomic E-state index is 0.787. The average Bonchev–Trinajstić information content (AvgIpc) is 2.74. The van der Waals surface area contributed by atoms with Crippen molar-refractivity contribution >= 4 is 28.0 Å². The van der Waals surface area contributed by atoms with Crippen LogP contribution in [0.3, 0.4) is 0 Å². The molecule has 0 spiro atoms. The van der Waals surface area contributed by atoms with E-state index in [1.54, 1.807) is 0 Å². The molecule has 3 N–H and O–H groups in total. The molecule has 0 aliphatic carbocycles. The Hall–Kier alpha value is -2.42. The Bertz CT molecular complexity index is 728. The van der Waals surface area contributed by atoms with Gasteiger partial charge in [-0.1, -0.05) is 30.3 Å². The van der Waals surface area contributed by atoms with Crippen molar-refractivity contribution in [2.75, 3.05) is 17.7 Å². The standard InChI is InChI=1S/C16H17N3/c1-11-16(12-7-3-5-9-14(12)18-11)19(2)15-10-6-4-8-13(15)17/h3-10,18H,17H2,1-2H3. The zero-order chi connectivity index (χ0) is 13.4. The average molecular weight is 251 g/mol. The molecule has 0 bridgehead atoms. The van der Waals surface area contributed by atoms with Gasteiger partial charge in [-0.2, -0.15) is 0 Å². The number of aryl methyl sites for hydroxylation is 1. The molecule has 0 fully saturated rings. The number of fused-ring (bicyclic) bond motifs is 1. The van der Waals surface area contributed by atoms with Gasteiger partial charge >= 0.3 is 0 Å². The number of anilines is 3. The van der Waals surface area contributed by atoms with Gasteiger partial charge in [0.25, 0.3) is 0 Å². The van der Waals surface area contributed by atoms with Gasteiger partial charge in [0.15, 0.2) is 0 Å². The summed E-state index contributed by atoms with van der Waals surface area (Å²) in [6.07, 6.45) is 0. The van der Waals surface area contributed by atoms with Crippen LogP contribution in [0.25, 0.3) is 10.9 Å². The van der Waals surface area contributed by atoms with Crippen LogP contribution in [0.4, 0.5) is 17.1 Å². The van der Waals surface area contributed by atoms with Crippen LogP contribution in [0.15, 0.2) is 48.5 Å². The zero-order valence-electron chi connectivity index (χ0n) is 11.1. The summed E-state index contributed by atoms with van der Waals surface area (Å²) in [7, 11) is 2.05. The van der Waals surface area contributed by atoms with Gasteiger partial charge < -0.3 is 15.6 Å². The molecule has 3 rings (SSSR count). The van der Waals surface area contributed by atoms with Crippen molar-refractivity contribution in [1.29, 1.82) is 0 Å². The number of benzene rings is 2. The van der Waals surface area contributed by atoms with Gasteiger partial charge in [-0.05, 0) is 25.1 Å². The summed E-state index contributed by atoms with van der Waals surface area (Å²) in [5, 5.41) is 1.21. The fourth-order valence-electron chi connectivity index (χ4n) is 2.61. The number of nitrogens with one attached hydrogen (secondary N) is 1. The smallest absolute Gasteiger partial charge is 0.0696 e. The summed E-state index contributed by atoms with van der Waals surface area (Å²) in [5.41, 5.74) is 11.3. The molecule has 1 heterocycles. The van der Waals surface area contributed by atoms with Crippen molar-refractivity contribution in [3.63, 3.8) is 0 Å². The Morgan fingerprint density at radius 1 is 1.00 bits per heavy atom. The molecule has 3 heteroatoms. The molecule has 0 radical (unpaired) electrons. The molecule has 0 saturated heterocycles. The van der Waals surface area contributed by atoms with Crippen LogP contribution in [0.1, 0.15) is 5.69 Å². The zero-order valence-corrected chi connectivity index (χ0v) is 11.1. The number of rotatable bonds is 2. The predicted molar refractivity (Wildman–Crippen MR) is 82.0 cm³/mol. The molecule has 2 aromatic carbocycles. The first-order valence-corrected chi connectivity index (χ1v) is 6.34. The number of aromatic amines is 1. The third-order valence-electron chi connectivity index (χ3n) is 3.49. The van der Waals surface area contributed by atoms with E-state index in [1.165, 1.54) is 11.1 Å². The first kappa shape index (κ1) is 11.7. The molecular formula is C16H17N3. The second-order valence-corrected chi connectivity index (χ2v) is 4.76. The Kier molecular flexibility index (Phi) is 2.67. The number of nitrogens with two attached hydrogens (primary N) is 1. The van der Waals surface area contributed by atoms with Crippen molar-refractivity contribution in [3.8, 4) is 0 Å². The summed E-state index contributed by atoms with van der Waals surface area (Å²) < 4.78 is 0. The van der Waals surface area contributed by atoms with Crippen LogP contribution >= 0.6 is 0 Å². The quantitative estimate of drug-likeness (QED) is 0.680. The number of para-hydroxylation sites is 3. The van der Waals surface area contributed by atoms with Gasteiger partial charge in [-0.25, -0.2) is 0 Å². The van der Waals surface area contributed by atoms with Crippen LogP contribution < -0.4 is 10.6 Å². The minimum absolute atomic E-state index is 0.787. The summed E-state index contributed by atoms with van der Waals surface area (Å²) >= 11 is 0. The normalized spacial score (nSPS) is 10.8. The van der Waals surface area contributed by atoms with E-state index in [0.717, 1.165) is 22.6 Å². The topological polar surface area (TPSA) is 45.0 Å². The predicted octanol–water partition coefficient (Wildman–Crippen LogP) is 3.83. The van der Waals surface area contributed by atoms with Crippen LogP contribution in [0, 0.1) is 6.92 Å². The number of nitrogens with zero attached hydrogens (tertiary/aromatic N) is 1. The number of H-pyrrole nitrogens is 1. The Balaban J connectivity index is 2.19. The fraction of sp³-hybridized carbons (Fsp3) is 0.125. The Morgan fingerprint density at radius 3 is 2.47 bits per heavy atom. The van der Waals surface area contributed by atoms with Gasteiger partial charge in [0.2, 0.25) is 0 Å². The van der Waals surface area contributed by atoms with Crippen molar-refractivity contribution in [3.05, 3.63) is 54.2 Å². The maximum Gasteiger partial charge on any atom is 0.0696 e. The van der Waals surface area contributed by atoms with Crippen molar-refractivity contribution in [1.82, 2.24) is 4.98 Å². The maximum absolute atomic E-state index is 6.07. The van der Waals surface area contributed by atoms with E-state index in [9.17, 15) is 0 Å². The monoisotopic (exact) mass is 251 g/mol. The highest BCUT2D eigenvalue weighted by molar-refractivity contribution is 5.97. The summed E-state index contributed by atoms with van der Waals surface area (Å²) in [4.78, 5) is 5.56. The van der Waals surface area contributed by atoms with Gasteiger partial charge in [-0.15, -0.1) is 0 Å². The summed E-state index contributed by atoms with van der Waals surface area (Å²) in [5.74, 6) is 0. The third kappa shape index (κ3) is 1.83. The minimum Gasteiger partial charge on any atom is -0.397 e. The second kappa shape index (κ2) is 4.35. The van der Waals surface area contributed by atoms with Crippen molar-refractivity contribution in [2.24, 2.45) is 0 Å². The van der Waals surface area contributed by atoms with E-state index in [4.69, 9.17) is 5.73 Å². The molecule has 3 aromatic rings. The van der Waals surface area contributed by atoms with Crippen LogP contribution in [-0.2, 0) is 0 Å². The highest BCUT2D eigenvalue weighted by atomic mass is 15.1. The largest absolute Gasteiger partial charge is 0.397 e. The highest BCUT2D eigenvalue weighted by Crippen LogP contribution is 2.36. The van der Waals surface area contributed by atoms with E-state index < -0.39 is 0 Å². The van der Waals surface area contributed by atoms with Crippen molar-refractivity contribution < 1.29 is 0 Å². The molecule has 96 valence electrons. The molecule has 0 unspecified atom stereocenters. The van der Waals surface area contributed by atoms with Crippen LogP contribution in [-0.4, -0.2) is 12.0 Å². The molecular weight excluding hydrogens is 234 g/mol. The lowest BCUT2D eigenvalue weighted by Crippen LogP contribution is -2.12. The molecule has 0 atom stereocenters. The Morgan fingerprint density at radius 2 is 1.68 bits per heavy atom. The van der Waals surface area contributed by atoms with E-state index in [0.29, 0.717) is 0 Å². The lowest BCUT2D eigenvalue weighted by Gasteiger charge is -2.21. The molecule has 0 amide bonds. The first-order valence-electron chi connectivity index (χ1n) is 6.34. The Labute approximate surface area is 112 Å². The van der Waals surface area contributed by atoms with E-state index in [1.807, 2.05) is 37.4 Å². The fourth-order valence-corrected chi connectivity index (χ4v) is 2.61. The number of hydrogen-bond acceptors (Lipinski definition) is 2. The van der Waals surface area contributed by atoms with E-state index in [-0.39, 0.29) is 0 Å². The molecule has 3 nitrogen and oxygen atoms in total. The van der Waals surface area contributed by atoms with Gasteiger partial charge in [0.1, 0.15) is 0 Å². The first-order chi connectivity index (χ1) is 9.18.